The van der Waals surface area contributed by atoms with Gasteiger partial charge in [0.25, 0.3) is 0 Å². The van der Waals surface area contributed by atoms with E-state index in [4.69, 9.17) is 14.2 Å². The number of Topliss-reactive ketones (excluding diaryl/α,β-unsaturated/α-hetero) is 1. The topological polar surface area (TPSA) is 44.8 Å². The number of methoxy groups -OCH3 is 2. The fraction of sp³-hybridized carbons (Fsp3) is 0.350. The average molecular weight is 328 g/mol. The molecular formula is C20H24O4. The normalized spacial score (nSPS) is 11.7. The Kier molecular flexibility index (Phi) is 6.24. The molecule has 0 aliphatic rings. The maximum atomic E-state index is 11.3. The zero-order valence-electron chi connectivity index (χ0n) is 14.7. The van der Waals surface area contributed by atoms with Crippen molar-refractivity contribution >= 4 is 5.78 Å². The van der Waals surface area contributed by atoms with Crippen molar-refractivity contribution in [3.63, 3.8) is 0 Å². The highest BCUT2D eigenvalue weighted by atomic mass is 16.5. The lowest BCUT2D eigenvalue weighted by Gasteiger charge is -2.17. The van der Waals surface area contributed by atoms with Gasteiger partial charge in [-0.3, -0.25) is 4.79 Å². The van der Waals surface area contributed by atoms with E-state index in [9.17, 15) is 4.79 Å². The summed E-state index contributed by atoms with van der Waals surface area (Å²) in [6.45, 7) is 4.08. The Labute approximate surface area is 143 Å². The summed E-state index contributed by atoms with van der Waals surface area (Å²) >= 11 is 0. The Balaban J connectivity index is 2.15. The number of hydrogen-bond donors (Lipinski definition) is 0. The van der Waals surface area contributed by atoms with E-state index in [1.54, 1.807) is 14.2 Å². The Morgan fingerprint density at radius 3 is 2.25 bits per heavy atom. The van der Waals surface area contributed by atoms with Crippen molar-refractivity contribution in [1.82, 2.24) is 0 Å². The van der Waals surface area contributed by atoms with Gasteiger partial charge in [0.1, 0.15) is 23.9 Å². The van der Waals surface area contributed by atoms with Gasteiger partial charge in [-0.05, 0) is 23.8 Å². The number of ketones is 1. The minimum Gasteiger partial charge on any atom is -0.497 e. The van der Waals surface area contributed by atoms with E-state index >= 15 is 0 Å². The van der Waals surface area contributed by atoms with E-state index in [2.05, 4.69) is 6.92 Å². The summed E-state index contributed by atoms with van der Waals surface area (Å²) in [5.41, 5.74) is 2.24. The number of carbonyl (C=O) groups excluding carboxylic acids is 1. The van der Waals surface area contributed by atoms with Crippen LogP contribution in [-0.2, 0) is 4.79 Å². The molecule has 0 spiro atoms. The maximum Gasteiger partial charge on any atom is 0.169 e. The van der Waals surface area contributed by atoms with Crippen LogP contribution in [0.3, 0.4) is 0 Å². The van der Waals surface area contributed by atoms with Gasteiger partial charge >= 0.3 is 0 Å². The van der Waals surface area contributed by atoms with Gasteiger partial charge in [-0.15, -0.1) is 0 Å². The molecule has 0 fully saturated rings. The van der Waals surface area contributed by atoms with Gasteiger partial charge in [0.2, 0.25) is 0 Å². The zero-order valence-corrected chi connectivity index (χ0v) is 14.7. The molecule has 0 aliphatic carbocycles. The smallest absolute Gasteiger partial charge is 0.169 e. The number of benzene rings is 2. The van der Waals surface area contributed by atoms with Crippen molar-refractivity contribution in [3.05, 3.63) is 53.6 Å². The van der Waals surface area contributed by atoms with E-state index in [0.717, 1.165) is 22.6 Å². The van der Waals surface area contributed by atoms with Crippen molar-refractivity contribution in [2.45, 2.75) is 26.2 Å². The molecule has 1 atom stereocenters. The van der Waals surface area contributed by atoms with Gasteiger partial charge in [0.05, 0.1) is 14.2 Å². The second-order valence-electron chi connectivity index (χ2n) is 5.58. The summed E-state index contributed by atoms with van der Waals surface area (Å²) < 4.78 is 16.2. The minimum atomic E-state index is 0.0930. The highest BCUT2D eigenvalue weighted by Crippen LogP contribution is 2.34. The standard InChI is InChI=1S/C20H24O4/c1-5-16(21)13-24-17-8-6-15(7-9-17)14(2)19-11-10-18(22-3)12-20(19)23-4/h6-12,14H,5,13H2,1-4H3. The van der Waals surface area contributed by atoms with Crippen LogP contribution in [0.25, 0.3) is 0 Å². The maximum absolute atomic E-state index is 11.3. The summed E-state index contributed by atoms with van der Waals surface area (Å²) in [7, 11) is 3.30. The molecule has 4 nitrogen and oxygen atoms in total. The molecule has 2 aromatic rings. The number of carbonyl (C=O) groups is 1. The number of rotatable bonds is 8. The molecule has 0 radical (unpaired) electrons. The largest absolute Gasteiger partial charge is 0.497 e. The van der Waals surface area contributed by atoms with Crippen molar-refractivity contribution in [2.24, 2.45) is 0 Å². The summed E-state index contributed by atoms with van der Waals surface area (Å²) in [4.78, 5) is 11.3. The Morgan fingerprint density at radius 1 is 1.00 bits per heavy atom. The third-order valence-electron chi connectivity index (χ3n) is 4.08. The molecule has 2 rings (SSSR count). The van der Waals surface area contributed by atoms with Gasteiger partial charge in [-0.2, -0.15) is 0 Å². The van der Waals surface area contributed by atoms with E-state index in [1.165, 1.54) is 0 Å². The lowest BCUT2D eigenvalue weighted by atomic mass is 9.92. The molecule has 0 saturated heterocycles. The molecule has 24 heavy (non-hydrogen) atoms. The minimum absolute atomic E-state index is 0.0930. The van der Waals surface area contributed by atoms with Crippen molar-refractivity contribution in [1.29, 1.82) is 0 Å². The second kappa shape index (κ2) is 8.39. The molecule has 128 valence electrons. The molecule has 2 aromatic carbocycles. The number of ether oxygens (including phenoxy) is 3. The first-order valence-corrected chi connectivity index (χ1v) is 8.05. The average Bonchev–Trinajstić information content (AvgIpc) is 2.65. The lowest BCUT2D eigenvalue weighted by Crippen LogP contribution is -2.09. The predicted molar refractivity (Wildman–Crippen MR) is 94.3 cm³/mol. The van der Waals surface area contributed by atoms with Crippen molar-refractivity contribution < 1.29 is 19.0 Å². The molecule has 0 heterocycles. The van der Waals surface area contributed by atoms with Crippen LogP contribution in [0.5, 0.6) is 17.2 Å². The second-order valence-corrected chi connectivity index (χ2v) is 5.58. The molecular weight excluding hydrogens is 304 g/mol. The molecule has 0 aromatic heterocycles. The molecule has 0 bridgehead atoms. The summed E-state index contributed by atoms with van der Waals surface area (Å²) in [6.07, 6.45) is 0.492. The predicted octanol–water partition coefficient (Wildman–Crippen LogP) is 4.21. The molecule has 4 heteroatoms. The zero-order chi connectivity index (χ0) is 17.5. The Morgan fingerprint density at radius 2 is 1.67 bits per heavy atom. The number of hydrogen-bond acceptors (Lipinski definition) is 4. The van der Waals surface area contributed by atoms with Gasteiger partial charge in [0, 0.05) is 24.0 Å². The Hall–Kier alpha value is -2.49. The lowest BCUT2D eigenvalue weighted by molar-refractivity contribution is -0.120. The van der Waals surface area contributed by atoms with Crippen molar-refractivity contribution in [3.8, 4) is 17.2 Å². The van der Waals surface area contributed by atoms with Crippen LogP contribution in [-0.4, -0.2) is 26.6 Å². The van der Waals surface area contributed by atoms with Crippen molar-refractivity contribution in [2.75, 3.05) is 20.8 Å². The van der Waals surface area contributed by atoms with E-state index in [-0.39, 0.29) is 18.3 Å². The first-order chi connectivity index (χ1) is 11.6. The van der Waals surface area contributed by atoms with E-state index in [0.29, 0.717) is 12.2 Å². The third kappa shape index (κ3) is 4.28. The molecule has 0 N–H and O–H groups in total. The molecule has 0 aliphatic heterocycles. The highest BCUT2D eigenvalue weighted by molar-refractivity contribution is 5.79. The first kappa shape index (κ1) is 17.9. The van der Waals surface area contributed by atoms with E-state index in [1.807, 2.05) is 49.4 Å². The Bertz CT molecular complexity index is 677. The van der Waals surface area contributed by atoms with Crippen LogP contribution in [0.4, 0.5) is 0 Å². The van der Waals surface area contributed by atoms with Gasteiger partial charge in [0.15, 0.2) is 5.78 Å². The molecule has 0 saturated carbocycles. The SMILES string of the molecule is CCC(=O)COc1ccc(C(C)c2ccc(OC)cc2OC)cc1. The summed E-state index contributed by atoms with van der Waals surface area (Å²) in [5, 5.41) is 0. The molecule has 0 amide bonds. The monoisotopic (exact) mass is 328 g/mol. The van der Waals surface area contributed by atoms with Crippen LogP contribution in [0.2, 0.25) is 0 Å². The van der Waals surface area contributed by atoms with E-state index < -0.39 is 0 Å². The van der Waals surface area contributed by atoms with Gasteiger partial charge < -0.3 is 14.2 Å². The van der Waals surface area contributed by atoms with Crippen LogP contribution in [0.1, 0.15) is 37.3 Å². The first-order valence-electron chi connectivity index (χ1n) is 8.05. The highest BCUT2D eigenvalue weighted by Gasteiger charge is 2.14. The summed E-state index contributed by atoms with van der Waals surface area (Å²) in [5.74, 6) is 2.53. The van der Waals surface area contributed by atoms with Crippen LogP contribution >= 0.6 is 0 Å². The quantitative estimate of drug-likeness (QED) is 0.728. The summed E-state index contributed by atoms with van der Waals surface area (Å²) in [6, 6.07) is 13.7. The van der Waals surface area contributed by atoms with Gasteiger partial charge in [-0.25, -0.2) is 0 Å². The fourth-order valence-electron chi connectivity index (χ4n) is 2.47. The van der Waals surface area contributed by atoms with Crippen LogP contribution in [0.15, 0.2) is 42.5 Å². The third-order valence-corrected chi connectivity index (χ3v) is 4.08. The fourth-order valence-corrected chi connectivity index (χ4v) is 2.47. The van der Waals surface area contributed by atoms with Crippen LogP contribution in [0, 0.1) is 0 Å². The molecule has 1 unspecified atom stereocenters. The van der Waals surface area contributed by atoms with Gasteiger partial charge in [-0.1, -0.05) is 32.0 Å². The van der Waals surface area contributed by atoms with Crippen LogP contribution < -0.4 is 14.2 Å².